The molecule has 1 aliphatic rings. The Balaban J connectivity index is 1.74. The van der Waals surface area contributed by atoms with Crippen LogP contribution in [0, 0.1) is 0 Å². The quantitative estimate of drug-likeness (QED) is 0.487. The lowest BCUT2D eigenvalue weighted by Gasteiger charge is -2.19. The first-order valence-electron chi connectivity index (χ1n) is 7.26. The van der Waals surface area contributed by atoms with Crippen LogP contribution in [0.5, 0.6) is 5.75 Å². The van der Waals surface area contributed by atoms with Gasteiger partial charge in [-0.1, -0.05) is 12.8 Å². The van der Waals surface area contributed by atoms with E-state index in [1.165, 1.54) is 38.8 Å². The monoisotopic (exact) mass is 277 g/mol. The van der Waals surface area contributed by atoms with Gasteiger partial charge in [-0.05, 0) is 50.2 Å². The van der Waals surface area contributed by atoms with Gasteiger partial charge in [-0.2, -0.15) is 0 Å². The van der Waals surface area contributed by atoms with Gasteiger partial charge in [0, 0.05) is 12.1 Å². The van der Waals surface area contributed by atoms with Crippen molar-refractivity contribution in [2.45, 2.75) is 25.7 Å². The molecular formula is C15H23N3O2. The number of rotatable bonds is 5. The second-order valence-electron chi connectivity index (χ2n) is 5.10. The number of amides is 1. The lowest BCUT2D eigenvalue weighted by atomic mass is 10.2. The molecule has 0 saturated carbocycles. The highest BCUT2D eigenvalue weighted by Crippen LogP contribution is 2.13. The third kappa shape index (κ3) is 4.51. The average molecular weight is 277 g/mol. The number of hydrogen-bond acceptors (Lipinski definition) is 4. The molecule has 0 aliphatic carbocycles. The van der Waals surface area contributed by atoms with Crippen molar-refractivity contribution in [1.82, 2.24) is 10.3 Å². The van der Waals surface area contributed by atoms with Gasteiger partial charge in [-0.3, -0.25) is 15.1 Å². The zero-order valence-electron chi connectivity index (χ0n) is 11.8. The Hall–Kier alpha value is -1.59. The number of likely N-dealkylation sites (tertiary alicyclic amines) is 1. The van der Waals surface area contributed by atoms with Crippen molar-refractivity contribution in [1.29, 1.82) is 0 Å². The summed E-state index contributed by atoms with van der Waals surface area (Å²) in [5.41, 5.74) is 2.64. The molecule has 5 nitrogen and oxygen atoms in total. The highest BCUT2D eigenvalue weighted by atomic mass is 16.5. The van der Waals surface area contributed by atoms with E-state index in [0.29, 0.717) is 12.2 Å². The fraction of sp³-hybridized carbons (Fsp3) is 0.533. The van der Waals surface area contributed by atoms with Gasteiger partial charge in [-0.25, -0.2) is 5.84 Å². The van der Waals surface area contributed by atoms with Crippen LogP contribution in [0.1, 0.15) is 36.0 Å². The molecule has 0 aromatic heterocycles. The molecule has 1 aliphatic heterocycles. The summed E-state index contributed by atoms with van der Waals surface area (Å²) >= 11 is 0. The van der Waals surface area contributed by atoms with Crippen LogP contribution in [0.2, 0.25) is 0 Å². The molecule has 1 aromatic rings. The van der Waals surface area contributed by atoms with Crippen LogP contribution >= 0.6 is 0 Å². The molecule has 1 amide bonds. The van der Waals surface area contributed by atoms with E-state index >= 15 is 0 Å². The molecule has 0 unspecified atom stereocenters. The Morgan fingerprint density at radius 3 is 2.40 bits per heavy atom. The van der Waals surface area contributed by atoms with Gasteiger partial charge >= 0.3 is 0 Å². The Morgan fingerprint density at radius 2 is 1.80 bits per heavy atom. The van der Waals surface area contributed by atoms with E-state index in [2.05, 4.69) is 10.3 Å². The van der Waals surface area contributed by atoms with E-state index in [9.17, 15) is 4.79 Å². The summed E-state index contributed by atoms with van der Waals surface area (Å²) < 4.78 is 5.71. The van der Waals surface area contributed by atoms with Crippen molar-refractivity contribution in [2.75, 3.05) is 26.2 Å². The Morgan fingerprint density at radius 1 is 1.15 bits per heavy atom. The van der Waals surface area contributed by atoms with Gasteiger partial charge in [-0.15, -0.1) is 0 Å². The third-order valence-electron chi connectivity index (χ3n) is 3.62. The highest BCUT2D eigenvalue weighted by molar-refractivity contribution is 5.93. The van der Waals surface area contributed by atoms with Crippen LogP contribution in [0.25, 0.3) is 0 Å². The van der Waals surface area contributed by atoms with Crippen molar-refractivity contribution >= 4 is 5.91 Å². The molecule has 2 rings (SSSR count). The largest absolute Gasteiger partial charge is 0.492 e. The molecule has 1 fully saturated rings. The maximum atomic E-state index is 11.3. The Bertz CT molecular complexity index is 412. The normalized spacial score (nSPS) is 16.4. The predicted molar refractivity (Wildman–Crippen MR) is 78.5 cm³/mol. The van der Waals surface area contributed by atoms with Gasteiger partial charge in [0.25, 0.3) is 5.91 Å². The summed E-state index contributed by atoms with van der Waals surface area (Å²) in [6.07, 6.45) is 5.29. The maximum Gasteiger partial charge on any atom is 0.265 e. The van der Waals surface area contributed by atoms with E-state index in [1.54, 1.807) is 24.3 Å². The number of carbonyl (C=O) groups excluding carboxylic acids is 1. The van der Waals surface area contributed by atoms with Crippen molar-refractivity contribution in [3.63, 3.8) is 0 Å². The highest BCUT2D eigenvalue weighted by Gasteiger charge is 2.08. The molecule has 1 saturated heterocycles. The van der Waals surface area contributed by atoms with Crippen LogP contribution in [-0.4, -0.2) is 37.0 Å². The smallest absolute Gasteiger partial charge is 0.265 e. The second kappa shape index (κ2) is 7.87. The average Bonchev–Trinajstić information content (AvgIpc) is 2.76. The second-order valence-corrected chi connectivity index (χ2v) is 5.10. The van der Waals surface area contributed by atoms with Crippen LogP contribution in [0.3, 0.4) is 0 Å². The molecule has 20 heavy (non-hydrogen) atoms. The first-order chi connectivity index (χ1) is 9.79. The molecule has 0 atom stereocenters. The van der Waals surface area contributed by atoms with Crippen molar-refractivity contribution in [2.24, 2.45) is 5.84 Å². The van der Waals surface area contributed by atoms with Gasteiger partial charge in [0.2, 0.25) is 0 Å². The van der Waals surface area contributed by atoms with Gasteiger partial charge in [0.1, 0.15) is 12.4 Å². The van der Waals surface area contributed by atoms with Crippen molar-refractivity contribution < 1.29 is 9.53 Å². The zero-order valence-corrected chi connectivity index (χ0v) is 11.8. The third-order valence-corrected chi connectivity index (χ3v) is 3.62. The fourth-order valence-corrected chi connectivity index (χ4v) is 2.44. The summed E-state index contributed by atoms with van der Waals surface area (Å²) in [7, 11) is 0. The van der Waals surface area contributed by atoms with Crippen LogP contribution in [0.15, 0.2) is 24.3 Å². The number of nitrogen functional groups attached to an aromatic ring is 1. The molecule has 5 heteroatoms. The van der Waals surface area contributed by atoms with Crippen molar-refractivity contribution in [3.8, 4) is 5.75 Å². The molecular weight excluding hydrogens is 254 g/mol. The number of hydrogen-bond donors (Lipinski definition) is 2. The summed E-state index contributed by atoms with van der Waals surface area (Å²) in [4.78, 5) is 13.8. The standard InChI is InChI=1S/C15H23N3O2/c16-17-15(19)13-5-7-14(8-6-13)20-12-11-18-9-3-1-2-4-10-18/h5-8H,1-4,9-12,16H2,(H,17,19). The van der Waals surface area contributed by atoms with E-state index in [4.69, 9.17) is 10.6 Å². The minimum Gasteiger partial charge on any atom is -0.492 e. The molecule has 1 heterocycles. The SMILES string of the molecule is NNC(=O)c1ccc(OCCN2CCCCCC2)cc1. The number of carbonyl (C=O) groups is 1. The van der Waals surface area contributed by atoms with E-state index in [0.717, 1.165) is 12.3 Å². The van der Waals surface area contributed by atoms with Crippen LogP contribution in [-0.2, 0) is 0 Å². The molecule has 0 radical (unpaired) electrons. The van der Waals surface area contributed by atoms with Crippen LogP contribution < -0.4 is 16.0 Å². The minimum absolute atomic E-state index is 0.291. The Kier molecular flexibility index (Phi) is 5.83. The molecule has 3 N–H and O–H groups in total. The summed E-state index contributed by atoms with van der Waals surface area (Å²) in [5, 5.41) is 0. The topological polar surface area (TPSA) is 67.6 Å². The predicted octanol–water partition coefficient (Wildman–Crippen LogP) is 1.54. The molecule has 0 bridgehead atoms. The number of hydrazine groups is 1. The minimum atomic E-state index is -0.291. The lowest BCUT2D eigenvalue weighted by molar-refractivity contribution is 0.0953. The van der Waals surface area contributed by atoms with Crippen molar-refractivity contribution in [3.05, 3.63) is 29.8 Å². The van der Waals surface area contributed by atoms with E-state index in [1.807, 2.05) is 0 Å². The first kappa shape index (κ1) is 14.8. The Labute approximate surface area is 120 Å². The number of nitrogens with one attached hydrogen (secondary N) is 1. The van der Waals surface area contributed by atoms with Gasteiger partial charge < -0.3 is 4.74 Å². The van der Waals surface area contributed by atoms with Gasteiger partial charge in [0.15, 0.2) is 0 Å². The fourth-order valence-electron chi connectivity index (χ4n) is 2.44. The first-order valence-corrected chi connectivity index (χ1v) is 7.26. The molecule has 0 spiro atoms. The number of ether oxygens (including phenoxy) is 1. The van der Waals surface area contributed by atoms with Gasteiger partial charge in [0.05, 0.1) is 0 Å². The summed E-state index contributed by atoms with van der Waals surface area (Å²) in [5.74, 6) is 5.58. The zero-order chi connectivity index (χ0) is 14.2. The molecule has 110 valence electrons. The number of benzene rings is 1. The summed E-state index contributed by atoms with van der Waals surface area (Å²) in [6, 6.07) is 7.02. The lowest BCUT2D eigenvalue weighted by Crippen LogP contribution is -2.30. The van der Waals surface area contributed by atoms with Crippen LogP contribution in [0.4, 0.5) is 0 Å². The van der Waals surface area contributed by atoms with E-state index < -0.39 is 0 Å². The number of nitrogens with two attached hydrogens (primary N) is 1. The molecule has 1 aromatic carbocycles. The maximum absolute atomic E-state index is 11.3. The summed E-state index contributed by atoms with van der Waals surface area (Å²) in [6.45, 7) is 4.01. The number of nitrogens with zero attached hydrogens (tertiary/aromatic N) is 1. The van der Waals surface area contributed by atoms with E-state index in [-0.39, 0.29) is 5.91 Å².